The molecule has 3 rings (SSSR count). The van der Waals surface area contributed by atoms with Crippen molar-refractivity contribution in [1.29, 1.82) is 0 Å². The number of aromatic carboxylic acids is 1. The van der Waals surface area contributed by atoms with Gasteiger partial charge in [0.25, 0.3) is 0 Å². The number of hydrogen-bond acceptors (Lipinski definition) is 5. The van der Waals surface area contributed by atoms with Gasteiger partial charge < -0.3 is 24.8 Å². The minimum Gasteiger partial charge on any atom is -0.493 e. The van der Waals surface area contributed by atoms with Gasteiger partial charge in [-0.2, -0.15) is 0 Å². The number of carbonyl (C=O) groups excluding carboxylic acids is 2. The standard InChI is InChI=1S/C23H26N2O6/c1-30-19-7-6-15(11-20(19)31-2)8-9-25-14-18(12-21(25)26)22(27)24-13-16-4-3-5-17(10-16)23(28)29/h3-7,10-11,18H,8-9,12-14H2,1-2H3,(H,24,27)(H,28,29). The summed E-state index contributed by atoms with van der Waals surface area (Å²) in [5.41, 5.74) is 1.88. The molecule has 8 heteroatoms. The molecule has 164 valence electrons. The van der Waals surface area contributed by atoms with E-state index in [2.05, 4.69) is 5.32 Å². The summed E-state index contributed by atoms with van der Waals surface area (Å²) in [7, 11) is 3.15. The van der Waals surface area contributed by atoms with Crippen molar-refractivity contribution in [1.82, 2.24) is 10.2 Å². The van der Waals surface area contributed by atoms with Crippen LogP contribution in [-0.4, -0.2) is 55.1 Å². The number of hydrogen-bond donors (Lipinski definition) is 2. The number of carbonyl (C=O) groups is 3. The van der Waals surface area contributed by atoms with Crippen LogP contribution in [0.25, 0.3) is 0 Å². The van der Waals surface area contributed by atoms with E-state index in [1.54, 1.807) is 31.3 Å². The summed E-state index contributed by atoms with van der Waals surface area (Å²) in [4.78, 5) is 37.6. The molecular weight excluding hydrogens is 400 g/mol. The summed E-state index contributed by atoms with van der Waals surface area (Å²) in [6.45, 7) is 1.10. The van der Waals surface area contributed by atoms with Crippen LogP contribution in [0.15, 0.2) is 42.5 Å². The second-order valence-corrected chi connectivity index (χ2v) is 7.40. The minimum absolute atomic E-state index is 0.0477. The number of likely N-dealkylation sites (tertiary alicyclic amines) is 1. The highest BCUT2D eigenvalue weighted by molar-refractivity contribution is 5.89. The van der Waals surface area contributed by atoms with Crippen LogP contribution in [-0.2, 0) is 22.6 Å². The average Bonchev–Trinajstić information content (AvgIpc) is 3.16. The summed E-state index contributed by atoms with van der Waals surface area (Å²) >= 11 is 0. The lowest BCUT2D eigenvalue weighted by Gasteiger charge is -2.17. The molecule has 1 atom stereocenters. The molecule has 2 aromatic carbocycles. The number of carboxylic acid groups (broad SMARTS) is 1. The SMILES string of the molecule is COc1ccc(CCN2CC(C(=O)NCc3cccc(C(=O)O)c3)CC2=O)cc1OC. The first-order chi connectivity index (χ1) is 14.9. The molecule has 0 spiro atoms. The number of ether oxygens (including phenoxy) is 2. The molecule has 2 amide bonds. The monoisotopic (exact) mass is 426 g/mol. The highest BCUT2D eigenvalue weighted by atomic mass is 16.5. The first-order valence-electron chi connectivity index (χ1n) is 10.00. The van der Waals surface area contributed by atoms with Crippen molar-refractivity contribution >= 4 is 17.8 Å². The third-order valence-electron chi connectivity index (χ3n) is 5.34. The number of amides is 2. The molecule has 0 aromatic heterocycles. The number of nitrogens with zero attached hydrogens (tertiary/aromatic N) is 1. The van der Waals surface area contributed by atoms with Crippen LogP contribution in [0.3, 0.4) is 0 Å². The van der Waals surface area contributed by atoms with Crippen LogP contribution in [0.4, 0.5) is 0 Å². The maximum atomic E-state index is 12.5. The Morgan fingerprint density at radius 3 is 2.58 bits per heavy atom. The Balaban J connectivity index is 1.52. The minimum atomic E-state index is -1.01. The topological polar surface area (TPSA) is 105 Å². The molecule has 31 heavy (non-hydrogen) atoms. The van der Waals surface area contributed by atoms with Gasteiger partial charge in [-0.1, -0.05) is 18.2 Å². The Hall–Kier alpha value is -3.55. The van der Waals surface area contributed by atoms with Crippen LogP contribution in [0, 0.1) is 5.92 Å². The highest BCUT2D eigenvalue weighted by Gasteiger charge is 2.33. The largest absolute Gasteiger partial charge is 0.493 e. The van der Waals surface area contributed by atoms with E-state index in [4.69, 9.17) is 14.6 Å². The third kappa shape index (κ3) is 5.53. The molecule has 8 nitrogen and oxygen atoms in total. The van der Waals surface area contributed by atoms with Gasteiger partial charge >= 0.3 is 5.97 Å². The lowest BCUT2D eigenvalue weighted by atomic mass is 10.1. The summed E-state index contributed by atoms with van der Waals surface area (Å²) < 4.78 is 10.5. The van der Waals surface area contributed by atoms with Gasteiger partial charge in [0.1, 0.15) is 0 Å². The van der Waals surface area contributed by atoms with E-state index in [0.717, 1.165) is 5.56 Å². The summed E-state index contributed by atoms with van der Waals surface area (Å²) in [5, 5.41) is 11.9. The van der Waals surface area contributed by atoms with E-state index in [0.29, 0.717) is 36.6 Å². The van der Waals surface area contributed by atoms with Crippen LogP contribution >= 0.6 is 0 Å². The van der Waals surface area contributed by atoms with Crippen molar-refractivity contribution in [3.05, 3.63) is 59.2 Å². The Bertz CT molecular complexity index is 974. The zero-order valence-electron chi connectivity index (χ0n) is 17.6. The molecule has 0 radical (unpaired) electrons. The molecule has 0 bridgehead atoms. The van der Waals surface area contributed by atoms with Gasteiger partial charge in [0.15, 0.2) is 11.5 Å². The summed E-state index contributed by atoms with van der Waals surface area (Å²) in [6, 6.07) is 12.1. The average molecular weight is 426 g/mol. The lowest BCUT2D eigenvalue weighted by Crippen LogP contribution is -2.33. The van der Waals surface area contributed by atoms with Crippen LogP contribution in [0.1, 0.15) is 27.9 Å². The van der Waals surface area contributed by atoms with Gasteiger partial charge in [-0.3, -0.25) is 9.59 Å². The molecule has 1 aliphatic rings. The van der Waals surface area contributed by atoms with Gasteiger partial charge in [-0.25, -0.2) is 4.79 Å². The number of methoxy groups -OCH3 is 2. The molecule has 0 aliphatic carbocycles. The van der Waals surface area contributed by atoms with Crippen molar-refractivity contribution in [3.63, 3.8) is 0 Å². The molecule has 1 heterocycles. The fourth-order valence-electron chi connectivity index (χ4n) is 3.61. The second kappa shape index (κ2) is 9.97. The van der Waals surface area contributed by atoms with Gasteiger partial charge in [0, 0.05) is 26.1 Å². The fraction of sp³-hybridized carbons (Fsp3) is 0.348. The van der Waals surface area contributed by atoms with Crippen molar-refractivity contribution in [2.45, 2.75) is 19.4 Å². The Morgan fingerprint density at radius 1 is 1.10 bits per heavy atom. The Morgan fingerprint density at radius 2 is 1.87 bits per heavy atom. The zero-order chi connectivity index (χ0) is 22.4. The summed E-state index contributed by atoms with van der Waals surface area (Å²) in [6.07, 6.45) is 0.815. The summed E-state index contributed by atoms with van der Waals surface area (Å²) in [5.74, 6) is -0.400. The first kappa shape index (κ1) is 22.1. The molecule has 1 unspecified atom stereocenters. The molecular formula is C23H26N2O6. The predicted octanol–water partition coefficient (Wildman–Crippen LogP) is 2.11. The lowest BCUT2D eigenvalue weighted by molar-refractivity contribution is -0.129. The van der Waals surface area contributed by atoms with Crippen molar-refractivity contribution in [2.75, 3.05) is 27.3 Å². The van der Waals surface area contributed by atoms with Crippen LogP contribution in [0.5, 0.6) is 11.5 Å². The zero-order valence-corrected chi connectivity index (χ0v) is 17.6. The van der Waals surface area contributed by atoms with Crippen molar-refractivity contribution in [3.8, 4) is 11.5 Å². The normalized spacial score (nSPS) is 15.6. The van der Waals surface area contributed by atoms with Crippen LogP contribution < -0.4 is 14.8 Å². The number of carboxylic acids is 1. The van der Waals surface area contributed by atoms with E-state index >= 15 is 0 Å². The molecule has 1 fully saturated rings. The molecule has 2 N–H and O–H groups in total. The number of benzene rings is 2. The fourth-order valence-corrected chi connectivity index (χ4v) is 3.61. The number of rotatable bonds is 9. The van der Waals surface area contributed by atoms with E-state index in [1.165, 1.54) is 12.1 Å². The maximum Gasteiger partial charge on any atom is 0.335 e. The Kier molecular flexibility index (Phi) is 7.12. The quantitative estimate of drug-likeness (QED) is 0.636. The van der Waals surface area contributed by atoms with E-state index in [1.807, 2.05) is 18.2 Å². The molecule has 0 saturated carbocycles. The molecule has 1 saturated heterocycles. The maximum absolute atomic E-state index is 12.5. The van der Waals surface area contributed by atoms with Crippen LogP contribution in [0.2, 0.25) is 0 Å². The van der Waals surface area contributed by atoms with Gasteiger partial charge in [-0.15, -0.1) is 0 Å². The Labute approximate surface area is 180 Å². The molecule has 1 aliphatic heterocycles. The van der Waals surface area contributed by atoms with Gasteiger partial charge in [-0.05, 0) is 41.8 Å². The smallest absolute Gasteiger partial charge is 0.335 e. The molecule has 2 aromatic rings. The van der Waals surface area contributed by atoms with Crippen molar-refractivity contribution < 1.29 is 29.0 Å². The predicted molar refractivity (Wildman–Crippen MR) is 113 cm³/mol. The van der Waals surface area contributed by atoms with E-state index in [-0.39, 0.29) is 30.3 Å². The second-order valence-electron chi connectivity index (χ2n) is 7.40. The van der Waals surface area contributed by atoms with Gasteiger partial charge in [0.2, 0.25) is 11.8 Å². The third-order valence-corrected chi connectivity index (χ3v) is 5.34. The van der Waals surface area contributed by atoms with Crippen molar-refractivity contribution in [2.24, 2.45) is 5.92 Å². The van der Waals surface area contributed by atoms with E-state index < -0.39 is 11.9 Å². The van der Waals surface area contributed by atoms with E-state index in [9.17, 15) is 14.4 Å². The number of nitrogens with one attached hydrogen (secondary N) is 1. The highest BCUT2D eigenvalue weighted by Crippen LogP contribution is 2.28. The van der Waals surface area contributed by atoms with Gasteiger partial charge in [0.05, 0.1) is 25.7 Å². The first-order valence-corrected chi connectivity index (χ1v) is 10.00.